The summed E-state index contributed by atoms with van der Waals surface area (Å²) < 4.78 is 1.85. The van der Waals surface area contributed by atoms with Crippen molar-refractivity contribution in [2.45, 2.75) is 63.6 Å². The van der Waals surface area contributed by atoms with Gasteiger partial charge in [0, 0.05) is 18.5 Å². The van der Waals surface area contributed by atoms with Gasteiger partial charge in [0.1, 0.15) is 12.1 Å². The number of unbranched alkanes of at least 4 members (excludes halogenated alkanes) is 3. The standard InChI is InChI=1S/C27H31N7O4/c1-2-3-4-5-10-23(26(36)33-15-18(35)14-24(33)27(37)38)34-16-28-21-13-17(11-12-22(21)34)19-8-6-7-9-20(19)25-29-31-32-30-25/h6-9,11-13,16,18,23-24,35H,2-5,10,14-15H2,1H3,(H,37,38)(H,29,30,31,32)/t18-,23?,24+/m1/s1. The normalized spacial score (nSPS) is 18.2. The second kappa shape index (κ2) is 11.1. The number of carbonyl (C=O) groups excluding carboxylic acids is 1. The van der Waals surface area contributed by atoms with E-state index in [2.05, 4.69) is 32.5 Å². The van der Waals surface area contributed by atoms with Gasteiger partial charge in [0.2, 0.25) is 11.7 Å². The highest BCUT2D eigenvalue weighted by Crippen LogP contribution is 2.33. The first-order valence-electron chi connectivity index (χ1n) is 13.0. The molecule has 2 aromatic heterocycles. The van der Waals surface area contributed by atoms with Crippen LogP contribution in [0.3, 0.4) is 0 Å². The molecule has 0 spiro atoms. The summed E-state index contributed by atoms with van der Waals surface area (Å²) in [5.74, 6) is -0.902. The lowest BCUT2D eigenvalue weighted by atomic mass is 9.98. The second-order valence-electron chi connectivity index (χ2n) is 9.74. The fourth-order valence-corrected chi connectivity index (χ4v) is 5.28. The number of aliphatic carboxylic acids is 1. The number of amides is 1. The molecule has 0 saturated carbocycles. The number of nitrogens with zero attached hydrogens (tertiary/aromatic N) is 6. The summed E-state index contributed by atoms with van der Waals surface area (Å²) in [5, 5.41) is 34.2. The van der Waals surface area contributed by atoms with Gasteiger partial charge in [-0.25, -0.2) is 9.78 Å². The Hall–Kier alpha value is -4.12. The largest absolute Gasteiger partial charge is 0.480 e. The summed E-state index contributed by atoms with van der Waals surface area (Å²) in [6.45, 7) is 2.15. The Balaban J connectivity index is 1.49. The minimum atomic E-state index is -1.10. The first kappa shape index (κ1) is 25.5. The predicted molar refractivity (Wildman–Crippen MR) is 140 cm³/mol. The molecule has 0 radical (unpaired) electrons. The molecule has 2 aromatic carbocycles. The highest BCUT2D eigenvalue weighted by atomic mass is 16.4. The van der Waals surface area contributed by atoms with Crippen LogP contribution >= 0.6 is 0 Å². The summed E-state index contributed by atoms with van der Waals surface area (Å²) in [4.78, 5) is 31.5. The molecule has 38 heavy (non-hydrogen) atoms. The van der Waals surface area contributed by atoms with E-state index in [9.17, 15) is 19.8 Å². The first-order valence-corrected chi connectivity index (χ1v) is 13.0. The molecule has 11 heteroatoms. The van der Waals surface area contributed by atoms with E-state index < -0.39 is 24.2 Å². The molecule has 0 bridgehead atoms. The molecular weight excluding hydrogens is 486 g/mol. The van der Waals surface area contributed by atoms with Crippen LogP contribution in [0.2, 0.25) is 0 Å². The number of aromatic amines is 1. The summed E-state index contributed by atoms with van der Waals surface area (Å²) >= 11 is 0. The van der Waals surface area contributed by atoms with Gasteiger partial charge in [-0.1, -0.05) is 62.9 Å². The molecule has 1 unspecified atom stereocenters. The zero-order valence-corrected chi connectivity index (χ0v) is 21.2. The van der Waals surface area contributed by atoms with Crippen LogP contribution in [-0.2, 0) is 9.59 Å². The number of carboxylic acid groups (broad SMARTS) is 1. The van der Waals surface area contributed by atoms with Crippen molar-refractivity contribution in [2.24, 2.45) is 0 Å². The summed E-state index contributed by atoms with van der Waals surface area (Å²) in [7, 11) is 0. The van der Waals surface area contributed by atoms with E-state index in [1.807, 2.05) is 47.0 Å². The molecule has 1 aliphatic rings. The van der Waals surface area contributed by atoms with Crippen LogP contribution in [0.4, 0.5) is 0 Å². The number of hydrogen-bond donors (Lipinski definition) is 3. The van der Waals surface area contributed by atoms with E-state index in [1.54, 1.807) is 6.33 Å². The number of carboxylic acids is 1. The number of β-amino-alcohol motifs (C(OH)–C–C–N with tert-alkyl or cyclic N) is 1. The fourth-order valence-electron chi connectivity index (χ4n) is 5.28. The first-order chi connectivity index (χ1) is 18.5. The number of hydrogen-bond acceptors (Lipinski definition) is 7. The van der Waals surface area contributed by atoms with Crippen molar-refractivity contribution in [1.82, 2.24) is 35.1 Å². The van der Waals surface area contributed by atoms with Crippen LogP contribution < -0.4 is 0 Å². The van der Waals surface area contributed by atoms with Gasteiger partial charge < -0.3 is 19.7 Å². The third-order valence-corrected chi connectivity index (χ3v) is 7.20. The number of likely N-dealkylation sites (tertiary alicyclic amines) is 1. The predicted octanol–water partition coefficient (Wildman–Crippen LogP) is 3.44. The van der Waals surface area contributed by atoms with E-state index in [0.717, 1.165) is 47.9 Å². The summed E-state index contributed by atoms with van der Waals surface area (Å²) in [6, 6.07) is 12.0. The van der Waals surface area contributed by atoms with Gasteiger partial charge in [0.25, 0.3) is 0 Å². The van der Waals surface area contributed by atoms with E-state index >= 15 is 0 Å². The lowest BCUT2D eigenvalue weighted by molar-refractivity contribution is -0.149. The molecule has 1 aliphatic heterocycles. The van der Waals surface area contributed by atoms with Crippen LogP contribution in [0.15, 0.2) is 48.8 Å². The quantitative estimate of drug-likeness (QED) is 0.271. The fraction of sp³-hybridized carbons (Fsp3) is 0.407. The van der Waals surface area contributed by atoms with Gasteiger partial charge in [-0.05, 0) is 34.9 Å². The van der Waals surface area contributed by atoms with Crippen molar-refractivity contribution in [3.05, 3.63) is 48.8 Å². The lowest BCUT2D eigenvalue weighted by Gasteiger charge is -2.28. The number of aromatic nitrogens is 6. The number of imidazole rings is 1. The monoisotopic (exact) mass is 517 g/mol. The van der Waals surface area contributed by atoms with Crippen molar-refractivity contribution in [3.63, 3.8) is 0 Å². The molecule has 3 heterocycles. The molecule has 1 saturated heterocycles. The van der Waals surface area contributed by atoms with Crippen molar-refractivity contribution in [3.8, 4) is 22.5 Å². The van der Waals surface area contributed by atoms with Gasteiger partial charge >= 0.3 is 5.97 Å². The Kier molecular flexibility index (Phi) is 7.45. The highest BCUT2D eigenvalue weighted by molar-refractivity contribution is 5.90. The number of fused-ring (bicyclic) bond motifs is 1. The Bertz CT molecular complexity index is 1420. The van der Waals surface area contributed by atoms with E-state index in [1.165, 1.54) is 4.90 Å². The molecule has 11 nitrogen and oxygen atoms in total. The highest BCUT2D eigenvalue weighted by Gasteiger charge is 2.41. The third-order valence-electron chi connectivity index (χ3n) is 7.20. The maximum Gasteiger partial charge on any atom is 0.326 e. The van der Waals surface area contributed by atoms with Gasteiger partial charge in [-0.3, -0.25) is 4.79 Å². The van der Waals surface area contributed by atoms with E-state index in [4.69, 9.17) is 0 Å². The number of rotatable bonds is 10. The maximum atomic E-state index is 13.8. The average Bonchev–Trinajstić information content (AvgIpc) is 3.68. The number of aliphatic hydroxyl groups excluding tert-OH is 1. The van der Waals surface area contributed by atoms with Crippen LogP contribution in [0, 0.1) is 0 Å². The lowest BCUT2D eigenvalue weighted by Crippen LogP contribution is -2.44. The number of carbonyl (C=O) groups is 2. The SMILES string of the molecule is CCCCCCC(C(=O)N1C[C@H](O)C[C@H]1C(=O)O)n1cnc2cc(-c3ccccc3-c3nn[nH]n3)ccc21. The number of tetrazole rings is 1. The van der Waals surface area contributed by atoms with Crippen molar-refractivity contribution in [1.29, 1.82) is 0 Å². The molecule has 3 atom stereocenters. The molecule has 5 rings (SSSR count). The van der Waals surface area contributed by atoms with E-state index in [0.29, 0.717) is 17.8 Å². The van der Waals surface area contributed by atoms with Crippen LogP contribution in [0.5, 0.6) is 0 Å². The molecule has 4 aromatic rings. The maximum absolute atomic E-state index is 13.8. The van der Waals surface area contributed by atoms with Crippen LogP contribution in [0.1, 0.15) is 51.5 Å². The summed E-state index contributed by atoms with van der Waals surface area (Å²) in [6.07, 6.45) is 5.35. The molecule has 198 valence electrons. The van der Waals surface area contributed by atoms with Crippen molar-refractivity contribution < 1.29 is 19.8 Å². The average molecular weight is 518 g/mol. The Morgan fingerprint density at radius 1 is 1.13 bits per heavy atom. The summed E-state index contributed by atoms with van der Waals surface area (Å²) in [5.41, 5.74) is 4.17. The minimum Gasteiger partial charge on any atom is -0.480 e. The van der Waals surface area contributed by atoms with Crippen molar-refractivity contribution in [2.75, 3.05) is 6.54 Å². The molecule has 3 N–H and O–H groups in total. The Morgan fingerprint density at radius 3 is 2.68 bits per heavy atom. The number of nitrogens with one attached hydrogen (secondary N) is 1. The number of H-pyrrole nitrogens is 1. The van der Waals surface area contributed by atoms with Crippen molar-refractivity contribution >= 4 is 22.9 Å². The third kappa shape index (κ3) is 5.01. The molecular formula is C27H31N7O4. The molecule has 1 fully saturated rings. The molecule has 1 amide bonds. The van der Waals surface area contributed by atoms with Gasteiger partial charge in [-0.15, -0.1) is 10.2 Å². The van der Waals surface area contributed by atoms with Gasteiger partial charge in [0.05, 0.1) is 23.5 Å². The van der Waals surface area contributed by atoms with Crippen LogP contribution in [-0.4, -0.2) is 75.9 Å². The number of aliphatic hydroxyl groups is 1. The molecule has 0 aliphatic carbocycles. The topological polar surface area (TPSA) is 150 Å². The number of benzene rings is 2. The Morgan fingerprint density at radius 2 is 1.95 bits per heavy atom. The zero-order chi connectivity index (χ0) is 26.6. The Labute approximate surface area is 219 Å². The van der Waals surface area contributed by atoms with E-state index in [-0.39, 0.29) is 18.9 Å². The second-order valence-corrected chi connectivity index (χ2v) is 9.74. The van der Waals surface area contributed by atoms with Gasteiger partial charge in [-0.2, -0.15) is 5.21 Å². The smallest absolute Gasteiger partial charge is 0.326 e. The van der Waals surface area contributed by atoms with Crippen LogP contribution in [0.25, 0.3) is 33.5 Å². The zero-order valence-electron chi connectivity index (χ0n) is 21.2. The van der Waals surface area contributed by atoms with Gasteiger partial charge in [0.15, 0.2) is 0 Å². The minimum absolute atomic E-state index is 0.0188.